The summed E-state index contributed by atoms with van der Waals surface area (Å²) in [7, 11) is 0. The van der Waals surface area contributed by atoms with Gasteiger partial charge in [-0.25, -0.2) is 4.39 Å². The first-order chi connectivity index (χ1) is 10.3. The van der Waals surface area contributed by atoms with Gasteiger partial charge in [0.15, 0.2) is 0 Å². The summed E-state index contributed by atoms with van der Waals surface area (Å²) in [5.41, 5.74) is 5.97. The van der Waals surface area contributed by atoms with Crippen molar-refractivity contribution < 1.29 is 27.1 Å². The molecule has 0 radical (unpaired) electrons. The van der Waals surface area contributed by atoms with Crippen LogP contribution in [0.3, 0.4) is 0 Å². The van der Waals surface area contributed by atoms with Crippen molar-refractivity contribution in [2.75, 3.05) is 5.73 Å². The Hall–Kier alpha value is -1.99. The number of amides is 1. The molecule has 1 aliphatic carbocycles. The normalized spacial score (nSPS) is 22.2. The molecule has 22 heavy (non-hydrogen) atoms. The van der Waals surface area contributed by atoms with Crippen molar-refractivity contribution in [3.05, 3.63) is 24.0 Å². The Bertz CT molecular complexity index is 540. The number of halogens is 4. The molecule has 1 aromatic rings. The fourth-order valence-corrected chi connectivity index (χ4v) is 2.38. The molecule has 0 bridgehead atoms. The third-order valence-electron chi connectivity index (χ3n) is 3.54. The van der Waals surface area contributed by atoms with Crippen LogP contribution >= 0.6 is 0 Å². The van der Waals surface area contributed by atoms with Crippen LogP contribution in [0.25, 0.3) is 0 Å². The van der Waals surface area contributed by atoms with E-state index < -0.39 is 23.9 Å². The molecule has 0 spiro atoms. The van der Waals surface area contributed by atoms with Crippen LogP contribution in [0.15, 0.2) is 18.2 Å². The maximum atomic E-state index is 13.1. The van der Waals surface area contributed by atoms with Crippen molar-refractivity contribution in [3.63, 3.8) is 0 Å². The van der Waals surface area contributed by atoms with Crippen LogP contribution in [0.2, 0.25) is 0 Å². The van der Waals surface area contributed by atoms with Gasteiger partial charge in [0.05, 0.1) is 11.8 Å². The smallest absolute Gasteiger partial charge is 0.471 e. The number of alkyl halides is 3. The molecular weight excluding hydrogens is 304 g/mol. The van der Waals surface area contributed by atoms with Crippen LogP contribution in [0.4, 0.5) is 23.2 Å². The maximum absolute atomic E-state index is 13.1. The zero-order valence-electron chi connectivity index (χ0n) is 11.6. The number of ether oxygens (including phenoxy) is 1. The summed E-state index contributed by atoms with van der Waals surface area (Å²) >= 11 is 0. The topological polar surface area (TPSA) is 64.3 Å². The molecule has 0 aliphatic heterocycles. The lowest BCUT2D eigenvalue weighted by Gasteiger charge is -2.30. The Labute approximate surface area is 124 Å². The van der Waals surface area contributed by atoms with Crippen molar-refractivity contribution >= 4 is 11.6 Å². The molecule has 3 N–H and O–H groups in total. The minimum atomic E-state index is -4.87. The molecule has 0 aromatic heterocycles. The average molecular weight is 320 g/mol. The minimum Gasteiger partial charge on any atom is -0.488 e. The minimum absolute atomic E-state index is 0.225. The first kappa shape index (κ1) is 16.4. The van der Waals surface area contributed by atoms with Gasteiger partial charge in [0.25, 0.3) is 0 Å². The highest BCUT2D eigenvalue weighted by molar-refractivity contribution is 5.81. The fraction of sp³-hybridized carbons (Fsp3) is 0.500. The second-order valence-electron chi connectivity index (χ2n) is 5.24. The largest absolute Gasteiger partial charge is 0.488 e. The van der Waals surface area contributed by atoms with E-state index in [9.17, 15) is 22.4 Å². The Kier molecular flexibility index (Phi) is 4.77. The zero-order chi connectivity index (χ0) is 16.3. The summed E-state index contributed by atoms with van der Waals surface area (Å²) in [6.45, 7) is 0. The number of anilines is 1. The summed E-state index contributed by atoms with van der Waals surface area (Å²) in [6, 6.07) is 3.25. The van der Waals surface area contributed by atoms with E-state index in [4.69, 9.17) is 10.5 Å². The molecule has 1 saturated carbocycles. The second-order valence-corrected chi connectivity index (χ2v) is 5.24. The number of carbonyl (C=O) groups excluding carboxylic acids is 1. The number of nitrogen functional groups attached to an aromatic ring is 1. The van der Waals surface area contributed by atoms with Gasteiger partial charge in [-0.05, 0) is 37.8 Å². The number of hydrogen-bond acceptors (Lipinski definition) is 3. The third kappa shape index (κ3) is 4.25. The van der Waals surface area contributed by atoms with Gasteiger partial charge in [-0.1, -0.05) is 0 Å². The molecule has 4 nitrogen and oxygen atoms in total. The van der Waals surface area contributed by atoms with Gasteiger partial charge in [-0.15, -0.1) is 0 Å². The molecule has 0 saturated heterocycles. The van der Waals surface area contributed by atoms with E-state index in [1.165, 1.54) is 18.2 Å². The number of nitrogens with two attached hydrogens (primary N) is 1. The van der Waals surface area contributed by atoms with E-state index >= 15 is 0 Å². The van der Waals surface area contributed by atoms with E-state index in [2.05, 4.69) is 0 Å². The number of carbonyl (C=O) groups is 1. The lowest BCUT2D eigenvalue weighted by atomic mass is 9.93. The predicted octanol–water partition coefficient (Wildman–Crippen LogP) is 2.78. The molecule has 2 rings (SSSR count). The first-order valence-corrected chi connectivity index (χ1v) is 6.85. The quantitative estimate of drug-likeness (QED) is 0.665. The average Bonchev–Trinajstić information content (AvgIpc) is 2.44. The molecular formula is C14H16F4N2O2. The van der Waals surface area contributed by atoms with Crippen molar-refractivity contribution in [3.8, 4) is 5.75 Å². The lowest BCUT2D eigenvalue weighted by Crippen LogP contribution is -2.45. The van der Waals surface area contributed by atoms with Gasteiger partial charge < -0.3 is 15.8 Å². The molecule has 0 atom stereocenters. The van der Waals surface area contributed by atoms with Crippen LogP contribution < -0.4 is 15.8 Å². The highest BCUT2D eigenvalue weighted by Gasteiger charge is 2.40. The number of hydrogen-bond donors (Lipinski definition) is 2. The molecule has 8 heteroatoms. The molecule has 0 heterocycles. The monoisotopic (exact) mass is 320 g/mol. The SMILES string of the molecule is Nc1ccc(F)cc1O[C@H]1CC[C@H](NC(=O)C(F)(F)F)CC1. The Morgan fingerprint density at radius 3 is 2.45 bits per heavy atom. The predicted molar refractivity (Wildman–Crippen MR) is 71.7 cm³/mol. The third-order valence-corrected chi connectivity index (χ3v) is 3.54. The van der Waals surface area contributed by atoms with Crippen molar-refractivity contribution in [1.82, 2.24) is 5.32 Å². The Balaban J connectivity index is 1.85. The van der Waals surface area contributed by atoms with E-state index in [-0.39, 0.29) is 11.9 Å². The Morgan fingerprint density at radius 1 is 1.23 bits per heavy atom. The maximum Gasteiger partial charge on any atom is 0.471 e. The van der Waals surface area contributed by atoms with Crippen molar-refractivity contribution in [2.24, 2.45) is 0 Å². The van der Waals surface area contributed by atoms with Crippen LogP contribution in [-0.4, -0.2) is 24.2 Å². The van der Waals surface area contributed by atoms with Gasteiger partial charge in [0, 0.05) is 12.1 Å². The fourth-order valence-electron chi connectivity index (χ4n) is 2.38. The molecule has 0 unspecified atom stereocenters. The number of nitrogens with one attached hydrogen (secondary N) is 1. The first-order valence-electron chi connectivity index (χ1n) is 6.85. The Morgan fingerprint density at radius 2 is 1.86 bits per heavy atom. The molecule has 1 aromatic carbocycles. The molecule has 1 fully saturated rings. The van der Waals surface area contributed by atoms with E-state index in [0.717, 1.165) is 0 Å². The summed E-state index contributed by atoms with van der Waals surface area (Å²) in [5, 5.41) is 1.96. The van der Waals surface area contributed by atoms with Gasteiger partial charge in [-0.3, -0.25) is 4.79 Å². The molecule has 122 valence electrons. The number of rotatable bonds is 3. The molecule has 1 amide bonds. The summed E-state index contributed by atoms with van der Waals surface area (Å²) in [6.07, 6.45) is -3.49. The van der Waals surface area contributed by atoms with Gasteiger partial charge >= 0.3 is 12.1 Å². The highest BCUT2D eigenvalue weighted by Crippen LogP contribution is 2.28. The van der Waals surface area contributed by atoms with Crippen LogP contribution in [0.5, 0.6) is 5.75 Å². The van der Waals surface area contributed by atoms with Crippen LogP contribution in [0.1, 0.15) is 25.7 Å². The van der Waals surface area contributed by atoms with E-state index in [1.807, 2.05) is 5.32 Å². The van der Waals surface area contributed by atoms with Gasteiger partial charge in [0.1, 0.15) is 11.6 Å². The van der Waals surface area contributed by atoms with Gasteiger partial charge in [-0.2, -0.15) is 13.2 Å². The summed E-state index contributed by atoms with van der Waals surface area (Å²) in [5.74, 6) is -2.18. The van der Waals surface area contributed by atoms with Crippen LogP contribution in [0, 0.1) is 5.82 Å². The zero-order valence-corrected chi connectivity index (χ0v) is 11.6. The van der Waals surface area contributed by atoms with E-state index in [0.29, 0.717) is 31.4 Å². The number of benzene rings is 1. The summed E-state index contributed by atoms with van der Waals surface area (Å²) < 4.78 is 55.2. The standard InChI is InChI=1S/C14H16F4N2O2/c15-8-1-6-11(19)12(7-8)22-10-4-2-9(3-5-10)20-13(21)14(16,17)18/h1,6-7,9-10H,2-5,19H2,(H,20,21)/t9-,10-. The van der Waals surface area contributed by atoms with E-state index in [1.54, 1.807) is 0 Å². The van der Waals surface area contributed by atoms with Crippen molar-refractivity contribution in [1.29, 1.82) is 0 Å². The molecule has 1 aliphatic rings. The summed E-state index contributed by atoms with van der Waals surface area (Å²) in [4.78, 5) is 10.9. The van der Waals surface area contributed by atoms with Gasteiger partial charge in [0.2, 0.25) is 0 Å². The van der Waals surface area contributed by atoms with Crippen molar-refractivity contribution in [2.45, 2.75) is 44.0 Å². The lowest BCUT2D eigenvalue weighted by molar-refractivity contribution is -0.174. The second kappa shape index (κ2) is 6.41. The van der Waals surface area contributed by atoms with Crippen LogP contribution in [-0.2, 0) is 4.79 Å². The highest BCUT2D eigenvalue weighted by atomic mass is 19.4.